The van der Waals surface area contributed by atoms with Gasteiger partial charge in [-0.3, -0.25) is 9.59 Å². The van der Waals surface area contributed by atoms with Crippen molar-refractivity contribution in [3.05, 3.63) is 70.3 Å². The van der Waals surface area contributed by atoms with Gasteiger partial charge in [0.2, 0.25) is 0 Å². The molecule has 0 aliphatic carbocycles. The van der Waals surface area contributed by atoms with Crippen LogP contribution in [0.4, 0.5) is 4.39 Å². The van der Waals surface area contributed by atoms with Gasteiger partial charge >= 0.3 is 0 Å². The van der Waals surface area contributed by atoms with Crippen LogP contribution in [0.1, 0.15) is 44.6 Å². The van der Waals surface area contributed by atoms with E-state index in [4.69, 9.17) is 4.74 Å². The molecule has 5 heteroatoms. The maximum absolute atomic E-state index is 14.2. The van der Waals surface area contributed by atoms with Crippen molar-refractivity contribution in [2.24, 2.45) is 11.8 Å². The predicted octanol–water partition coefficient (Wildman–Crippen LogP) is 5.46. The van der Waals surface area contributed by atoms with E-state index in [2.05, 4.69) is 4.98 Å². The molecule has 1 fully saturated rings. The van der Waals surface area contributed by atoms with Crippen LogP contribution in [0.15, 0.2) is 53.3 Å². The molecule has 2 aromatic carbocycles. The quantitative estimate of drug-likeness (QED) is 0.575. The number of H-pyrrole nitrogens is 1. The number of ether oxygens (including phenoxy) is 1. The Morgan fingerprint density at radius 1 is 1.13 bits per heavy atom. The summed E-state index contributed by atoms with van der Waals surface area (Å²) >= 11 is 0. The van der Waals surface area contributed by atoms with Crippen molar-refractivity contribution in [1.82, 2.24) is 4.98 Å². The van der Waals surface area contributed by atoms with Crippen molar-refractivity contribution in [3.8, 4) is 11.3 Å². The number of hydrogen-bond acceptors (Lipinski definition) is 3. The van der Waals surface area contributed by atoms with Crippen molar-refractivity contribution in [2.45, 2.75) is 39.0 Å². The van der Waals surface area contributed by atoms with Gasteiger partial charge in [-0.1, -0.05) is 44.2 Å². The molecule has 0 amide bonds. The van der Waals surface area contributed by atoms with Gasteiger partial charge in [0.1, 0.15) is 11.6 Å². The minimum Gasteiger partial charge on any atom is -0.381 e. The van der Waals surface area contributed by atoms with Gasteiger partial charge in [0.15, 0.2) is 0 Å². The van der Waals surface area contributed by atoms with Crippen LogP contribution in [-0.2, 0) is 9.53 Å². The maximum atomic E-state index is 14.2. The first kappa shape index (κ1) is 21.4. The zero-order chi connectivity index (χ0) is 22.0. The number of carbonyl (C=O) groups excluding carboxylic acids is 1. The molecule has 0 spiro atoms. The maximum Gasteiger partial charge on any atom is 0.252 e. The van der Waals surface area contributed by atoms with Gasteiger partial charge in [-0.15, -0.1) is 0 Å². The number of ketones is 1. The fourth-order valence-corrected chi connectivity index (χ4v) is 4.57. The molecule has 162 valence electrons. The predicted molar refractivity (Wildman–Crippen MR) is 121 cm³/mol. The van der Waals surface area contributed by atoms with E-state index in [0.29, 0.717) is 42.2 Å². The van der Waals surface area contributed by atoms with Crippen molar-refractivity contribution >= 4 is 16.6 Å². The van der Waals surface area contributed by atoms with Gasteiger partial charge in [0.05, 0.1) is 5.92 Å². The Labute approximate surface area is 181 Å². The molecule has 1 atom stereocenters. The first-order valence-electron chi connectivity index (χ1n) is 11.0. The van der Waals surface area contributed by atoms with Gasteiger partial charge in [-0.05, 0) is 53.8 Å². The highest BCUT2D eigenvalue weighted by Gasteiger charge is 2.29. The minimum atomic E-state index is -0.435. The van der Waals surface area contributed by atoms with Crippen LogP contribution in [-0.4, -0.2) is 24.0 Å². The molecule has 2 heterocycles. The van der Waals surface area contributed by atoms with Crippen molar-refractivity contribution in [1.29, 1.82) is 0 Å². The smallest absolute Gasteiger partial charge is 0.252 e. The van der Waals surface area contributed by atoms with E-state index in [1.807, 2.05) is 38.1 Å². The van der Waals surface area contributed by atoms with Gasteiger partial charge < -0.3 is 9.72 Å². The summed E-state index contributed by atoms with van der Waals surface area (Å²) in [6, 6.07) is 14.0. The van der Waals surface area contributed by atoms with E-state index in [-0.39, 0.29) is 23.1 Å². The fourth-order valence-electron chi connectivity index (χ4n) is 4.57. The number of carbonyl (C=O) groups is 1. The Morgan fingerprint density at radius 3 is 2.61 bits per heavy atom. The number of rotatable bonds is 6. The zero-order valence-electron chi connectivity index (χ0n) is 18.0. The van der Waals surface area contributed by atoms with Crippen LogP contribution >= 0.6 is 0 Å². The number of fused-ring (bicyclic) bond motifs is 1. The molecule has 1 unspecified atom stereocenters. The van der Waals surface area contributed by atoms with Crippen LogP contribution in [0.25, 0.3) is 22.0 Å². The number of pyridine rings is 1. The molecule has 0 saturated carbocycles. The summed E-state index contributed by atoms with van der Waals surface area (Å²) in [5, 5.41) is 1.32. The second kappa shape index (κ2) is 9.15. The van der Waals surface area contributed by atoms with Gasteiger partial charge in [-0.25, -0.2) is 4.39 Å². The number of nitrogens with one attached hydrogen (secondary N) is 1. The molecule has 1 aromatic heterocycles. The number of benzene rings is 2. The van der Waals surface area contributed by atoms with Crippen LogP contribution in [0.3, 0.4) is 0 Å². The molecule has 3 aromatic rings. The molecule has 1 saturated heterocycles. The normalized spacial score (nSPS) is 16.0. The van der Waals surface area contributed by atoms with E-state index in [1.54, 1.807) is 18.2 Å². The zero-order valence-corrected chi connectivity index (χ0v) is 18.0. The Kier molecular flexibility index (Phi) is 6.33. The number of aromatic nitrogens is 1. The molecule has 4 nitrogen and oxygen atoms in total. The Hall–Kier alpha value is -2.79. The summed E-state index contributed by atoms with van der Waals surface area (Å²) in [4.78, 5) is 29.0. The molecular formula is C26H28FNO3. The fraction of sp³-hybridized carbons (Fsp3) is 0.385. The summed E-state index contributed by atoms with van der Waals surface area (Å²) in [5.74, 6) is -0.262. The highest BCUT2D eigenvalue weighted by atomic mass is 19.1. The molecule has 1 aliphatic heterocycles. The average molecular weight is 422 g/mol. The Bertz CT molecular complexity index is 1140. The lowest BCUT2D eigenvalue weighted by atomic mass is 9.80. The molecule has 1 N–H and O–H groups in total. The first-order valence-corrected chi connectivity index (χ1v) is 11.0. The van der Waals surface area contributed by atoms with Gasteiger partial charge in [0, 0.05) is 36.3 Å². The lowest BCUT2D eigenvalue weighted by Crippen LogP contribution is -2.28. The molecular weight excluding hydrogens is 393 g/mol. The van der Waals surface area contributed by atoms with E-state index >= 15 is 0 Å². The number of Topliss-reactive ketones (excluding diaryl/α,β-unsaturated/α-hetero) is 1. The van der Waals surface area contributed by atoms with Crippen molar-refractivity contribution in [3.63, 3.8) is 0 Å². The second-order valence-corrected chi connectivity index (χ2v) is 8.78. The minimum absolute atomic E-state index is 0.0223. The SMILES string of the molecule is CC(C)C(C(=O)CC1CCOCC1)c1ccc(-c2ccc3cccc(F)c3c2)[nH]c1=O. The lowest BCUT2D eigenvalue weighted by molar-refractivity contribution is -0.123. The van der Waals surface area contributed by atoms with Gasteiger partial charge in [0.25, 0.3) is 5.56 Å². The molecule has 0 radical (unpaired) electrons. The van der Waals surface area contributed by atoms with Crippen molar-refractivity contribution < 1.29 is 13.9 Å². The summed E-state index contributed by atoms with van der Waals surface area (Å²) in [6.45, 7) is 5.36. The summed E-state index contributed by atoms with van der Waals surface area (Å²) in [7, 11) is 0. The molecule has 1 aliphatic rings. The van der Waals surface area contributed by atoms with Crippen LogP contribution in [0.2, 0.25) is 0 Å². The standard InChI is InChI=1S/C26H28FNO3/c1-16(2)25(24(29)14-17-10-12-31-13-11-17)20-8-9-23(28-26(20)30)19-7-6-18-4-3-5-22(27)21(18)15-19/h3-9,15-17,25H,10-14H2,1-2H3,(H,28,30). The summed E-state index contributed by atoms with van der Waals surface area (Å²) in [6.07, 6.45) is 2.27. The largest absolute Gasteiger partial charge is 0.381 e. The van der Waals surface area contributed by atoms with E-state index in [1.165, 1.54) is 6.07 Å². The monoisotopic (exact) mass is 421 g/mol. The first-order chi connectivity index (χ1) is 14.9. The number of aromatic amines is 1. The molecule has 4 rings (SSSR count). The van der Waals surface area contributed by atoms with E-state index in [9.17, 15) is 14.0 Å². The highest BCUT2D eigenvalue weighted by Crippen LogP contribution is 2.30. The Morgan fingerprint density at radius 2 is 1.90 bits per heavy atom. The van der Waals surface area contributed by atoms with Crippen LogP contribution in [0, 0.1) is 17.7 Å². The summed E-state index contributed by atoms with van der Waals surface area (Å²) in [5.41, 5.74) is 1.59. The summed E-state index contributed by atoms with van der Waals surface area (Å²) < 4.78 is 19.6. The third kappa shape index (κ3) is 4.62. The topological polar surface area (TPSA) is 59.2 Å². The van der Waals surface area contributed by atoms with Crippen LogP contribution < -0.4 is 5.56 Å². The average Bonchev–Trinajstić information content (AvgIpc) is 2.75. The highest BCUT2D eigenvalue weighted by molar-refractivity contribution is 5.88. The number of hydrogen-bond donors (Lipinski definition) is 1. The molecule has 31 heavy (non-hydrogen) atoms. The lowest BCUT2D eigenvalue weighted by Gasteiger charge is -2.25. The van der Waals surface area contributed by atoms with E-state index < -0.39 is 5.92 Å². The van der Waals surface area contributed by atoms with Crippen molar-refractivity contribution in [2.75, 3.05) is 13.2 Å². The third-order valence-corrected chi connectivity index (χ3v) is 6.26. The third-order valence-electron chi connectivity index (χ3n) is 6.26. The molecule has 0 bridgehead atoms. The van der Waals surface area contributed by atoms with Gasteiger partial charge in [-0.2, -0.15) is 0 Å². The second-order valence-electron chi connectivity index (χ2n) is 8.78. The number of halogens is 1. The Balaban J connectivity index is 1.63. The van der Waals surface area contributed by atoms with Crippen LogP contribution in [0.5, 0.6) is 0 Å². The van der Waals surface area contributed by atoms with E-state index in [0.717, 1.165) is 23.8 Å².